The molecule has 0 saturated carbocycles. The maximum absolute atomic E-state index is 12.0. The molecule has 0 bridgehead atoms. The lowest BCUT2D eigenvalue weighted by atomic mass is 10.2. The van der Waals surface area contributed by atoms with Crippen LogP contribution in [0.1, 0.15) is 18.4 Å². The highest BCUT2D eigenvalue weighted by molar-refractivity contribution is 9.10. The Labute approximate surface area is 119 Å². The third-order valence-corrected chi connectivity index (χ3v) is 3.64. The van der Waals surface area contributed by atoms with Gasteiger partial charge in [-0.3, -0.25) is 4.79 Å². The summed E-state index contributed by atoms with van der Waals surface area (Å²) in [5.41, 5.74) is 0.905. The molecular weight excluding hydrogens is 310 g/mol. The molecule has 0 aromatic heterocycles. The molecule has 1 aromatic rings. The molecule has 100 valence electrons. The van der Waals surface area contributed by atoms with Crippen molar-refractivity contribution in [2.75, 3.05) is 6.54 Å². The quantitative estimate of drug-likeness (QED) is 0.870. The van der Waals surface area contributed by atoms with Gasteiger partial charge >= 0.3 is 5.97 Å². The number of hydrogen-bond donors (Lipinski definition) is 1. The molecule has 0 radical (unpaired) electrons. The van der Waals surface area contributed by atoms with E-state index in [-0.39, 0.29) is 5.91 Å². The standard InChI is InChI=1S/C14H14BrNO3/c15-11-6-3-10(4-7-11)5-8-13(17)16-9-1-2-12(16)14(18)19/h3-8,12H,1-2,9H2,(H,18,19)/b8-5+. The molecule has 1 unspecified atom stereocenters. The van der Waals surface area contributed by atoms with Crippen LogP contribution in [0.3, 0.4) is 0 Å². The monoisotopic (exact) mass is 323 g/mol. The number of benzene rings is 1. The van der Waals surface area contributed by atoms with E-state index in [2.05, 4.69) is 15.9 Å². The van der Waals surface area contributed by atoms with E-state index in [4.69, 9.17) is 5.11 Å². The van der Waals surface area contributed by atoms with Gasteiger partial charge in [-0.25, -0.2) is 4.79 Å². The van der Waals surface area contributed by atoms with Crippen molar-refractivity contribution in [2.24, 2.45) is 0 Å². The molecule has 4 nitrogen and oxygen atoms in total. The minimum Gasteiger partial charge on any atom is -0.480 e. The second-order valence-electron chi connectivity index (χ2n) is 4.41. The highest BCUT2D eigenvalue weighted by Gasteiger charge is 2.32. The number of carbonyl (C=O) groups excluding carboxylic acids is 1. The van der Waals surface area contributed by atoms with E-state index in [1.54, 1.807) is 6.08 Å². The minimum atomic E-state index is -0.928. The Morgan fingerprint density at radius 1 is 1.32 bits per heavy atom. The van der Waals surface area contributed by atoms with Crippen molar-refractivity contribution in [3.05, 3.63) is 40.4 Å². The zero-order chi connectivity index (χ0) is 13.8. The van der Waals surface area contributed by atoms with Gasteiger partial charge < -0.3 is 10.0 Å². The SMILES string of the molecule is O=C(O)C1CCCN1C(=O)/C=C/c1ccc(Br)cc1. The Bertz CT molecular complexity index is 510. The lowest BCUT2D eigenvalue weighted by molar-refractivity contribution is -0.146. The van der Waals surface area contributed by atoms with E-state index < -0.39 is 12.0 Å². The summed E-state index contributed by atoms with van der Waals surface area (Å²) in [6.45, 7) is 0.514. The zero-order valence-electron chi connectivity index (χ0n) is 10.3. The van der Waals surface area contributed by atoms with Crippen LogP contribution in [0.15, 0.2) is 34.8 Å². The molecule has 0 spiro atoms. The van der Waals surface area contributed by atoms with E-state index in [0.717, 1.165) is 16.5 Å². The van der Waals surface area contributed by atoms with Crippen molar-refractivity contribution in [3.63, 3.8) is 0 Å². The van der Waals surface area contributed by atoms with Crippen molar-refractivity contribution >= 4 is 33.9 Å². The molecule has 0 aliphatic carbocycles. The number of rotatable bonds is 3. The van der Waals surface area contributed by atoms with Gasteiger partial charge in [0.2, 0.25) is 5.91 Å². The fraction of sp³-hybridized carbons (Fsp3) is 0.286. The number of halogens is 1. The molecule has 1 aliphatic rings. The average Bonchev–Trinajstić information content (AvgIpc) is 2.87. The van der Waals surface area contributed by atoms with Gasteiger partial charge in [0.05, 0.1) is 0 Å². The van der Waals surface area contributed by atoms with Gasteiger partial charge in [0.25, 0.3) is 0 Å². The predicted molar refractivity (Wildman–Crippen MR) is 75.5 cm³/mol. The highest BCUT2D eigenvalue weighted by atomic mass is 79.9. The Morgan fingerprint density at radius 3 is 2.63 bits per heavy atom. The molecule has 1 saturated heterocycles. The van der Waals surface area contributed by atoms with Crippen LogP contribution in [0, 0.1) is 0 Å². The molecule has 1 heterocycles. The van der Waals surface area contributed by atoms with Crippen LogP contribution in [-0.4, -0.2) is 34.5 Å². The van der Waals surface area contributed by atoms with E-state index in [9.17, 15) is 9.59 Å². The summed E-state index contributed by atoms with van der Waals surface area (Å²) in [7, 11) is 0. The first kappa shape index (κ1) is 13.8. The summed E-state index contributed by atoms with van der Waals surface area (Å²) in [5.74, 6) is -1.17. The number of hydrogen-bond acceptors (Lipinski definition) is 2. The number of amides is 1. The van der Waals surface area contributed by atoms with Crippen molar-refractivity contribution in [1.82, 2.24) is 4.90 Å². The number of carboxylic acids is 1. The Hall–Kier alpha value is -1.62. The lowest BCUT2D eigenvalue weighted by Gasteiger charge is -2.19. The van der Waals surface area contributed by atoms with Gasteiger partial charge in [-0.2, -0.15) is 0 Å². The first-order chi connectivity index (χ1) is 9.08. The summed E-state index contributed by atoms with van der Waals surface area (Å²) in [5, 5.41) is 9.03. The van der Waals surface area contributed by atoms with Gasteiger partial charge in [-0.15, -0.1) is 0 Å². The maximum Gasteiger partial charge on any atom is 0.326 e. The smallest absolute Gasteiger partial charge is 0.326 e. The van der Waals surface area contributed by atoms with Crippen LogP contribution in [0.2, 0.25) is 0 Å². The molecule has 1 amide bonds. The zero-order valence-corrected chi connectivity index (χ0v) is 11.8. The van der Waals surface area contributed by atoms with Crippen molar-refractivity contribution in [3.8, 4) is 0 Å². The summed E-state index contributed by atoms with van der Waals surface area (Å²) in [6.07, 6.45) is 4.42. The molecule has 5 heteroatoms. The van der Waals surface area contributed by atoms with E-state index in [1.165, 1.54) is 11.0 Å². The predicted octanol–water partition coefficient (Wildman–Crippen LogP) is 2.54. The number of carboxylic acid groups (broad SMARTS) is 1. The number of likely N-dealkylation sites (tertiary alicyclic amines) is 1. The van der Waals surface area contributed by atoms with E-state index in [0.29, 0.717) is 13.0 Å². The Morgan fingerprint density at radius 2 is 2.00 bits per heavy atom. The third-order valence-electron chi connectivity index (χ3n) is 3.11. The van der Waals surface area contributed by atoms with Gasteiger partial charge in [0.15, 0.2) is 0 Å². The topological polar surface area (TPSA) is 57.6 Å². The molecule has 1 aromatic carbocycles. The Kier molecular flexibility index (Phi) is 4.37. The third kappa shape index (κ3) is 3.44. The van der Waals surface area contributed by atoms with Crippen LogP contribution < -0.4 is 0 Å². The fourth-order valence-electron chi connectivity index (χ4n) is 2.12. The van der Waals surface area contributed by atoms with Crippen molar-refractivity contribution < 1.29 is 14.7 Å². The molecule has 1 aliphatic heterocycles. The van der Waals surface area contributed by atoms with Crippen molar-refractivity contribution in [2.45, 2.75) is 18.9 Å². The largest absolute Gasteiger partial charge is 0.480 e. The number of carbonyl (C=O) groups is 2. The molecule has 2 rings (SSSR count). The van der Waals surface area contributed by atoms with Crippen LogP contribution in [-0.2, 0) is 9.59 Å². The summed E-state index contributed by atoms with van der Waals surface area (Å²) in [4.78, 5) is 24.4. The van der Waals surface area contributed by atoms with Gasteiger partial charge in [0, 0.05) is 17.1 Å². The highest BCUT2D eigenvalue weighted by Crippen LogP contribution is 2.18. The van der Waals surface area contributed by atoms with Crippen molar-refractivity contribution in [1.29, 1.82) is 0 Å². The average molecular weight is 324 g/mol. The molecular formula is C14H14BrNO3. The van der Waals surface area contributed by atoms with Crippen LogP contribution in [0.4, 0.5) is 0 Å². The molecule has 19 heavy (non-hydrogen) atoms. The normalized spacial score (nSPS) is 19.0. The van der Waals surface area contributed by atoms with Gasteiger partial charge in [-0.1, -0.05) is 28.1 Å². The molecule has 1 fully saturated rings. The van der Waals surface area contributed by atoms with E-state index >= 15 is 0 Å². The second-order valence-corrected chi connectivity index (χ2v) is 5.33. The van der Waals surface area contributed by atoms with Crippen LogP contribution >= 0.6 is 15.9 Å². The summed E-state index contributed by atoms with van der Waals surface area (Å²) >= 11 is 3.34. The first-order valence-corrected chi connectivity index (χ1v) is 6.84. The number of nitrogens with zero attached hydrogens (tertiary/aromatic N) is 1. The minimum absolute atomic E-state index is 0.243. The van der Waals surface area contributed by atoms with Crippen LogP contribution in [0.25, 0.3) is 6.08 Å². The van der Waals surface area contributed by atoms with Gasteiger partial charge in [0.1, 0.15) is 6.04 Å². The molecule has 1 atom stereocenters. The summed E-state index contributed by atoms with van der Waals surface area (Å²) < 4.78 is 0.974. The van der Waals surface area contributed by atoms with Gasteiger partial charge in [-0.05, 0) is 36.6 Å². The number of aliphatic carboxylic acids is 1. The fourth-order valence-corrected chi connectivity index (χ4v) is 2.39. The maximum atomic E-state index is 12.0. The molecule has 1 N–H and O–H groups in total. The summed E-state index contributed by atoms with van der Waals surface area (Å²) in [6, 6.07) is 6.86. The van der Waals surface area contributed by atoms with Crippen LogP contribution in [0.5, 0.6) is 0 Å². The lowest BCUT2D eigenvalue weighted by Crippen LogP contribution is -2.39. The second kappa shape index (κ2) is 6.02. The van der Waals surface area contributed by atoms with E-state index in [1.807, 2.05) is 24.3 Å². The Balaban J connectivity index is 2.04. The first-order valence-electron chi connectivity index (χ1n) is 6.05.